The number of aliphatic hydroxyl groups excluding tert-OH is 1. The van der Waals surface area contributed by atoms with Gasteiger partial charge in [-0.15, -0.1) is 11.8 Å². The van der Waals surface area contributed by atoms with E-state index in [9.17, 15) is 19.5 Å². The van der Waals surface area contributed by atoms with Crippen LogP contribution in [0.4, 0.5) is 4.79 Å². The van der Waals surface area contributed by atoms with E-state index < -0.39 is 34.9 Å². The zero-order chi connectivity index (χ0) is 28.6. The molecule has 3 N–H and O–H groups in total. The van der Waals surface area contributed by atoms with Gasteiger partial charge in [0, 0.05) is 11.3 Å². The summed E-state index contributed by atoms with van der Waals surface area (Å²) in [6.45, 7) is 9.97. The molecular weight excluding hydrogens is 514 g/mol. The van der Waals surface area contributed by atoms with Crippen LogP contribution in [-0.4, -0.2) is 62.8 Å². The van der Waals surface area contributed by atoms with Crippen LogP contribution in [0, 0.1) is 6.92 Å². The Bertz CT molecular complexity index is 1130. The summed E-state index contributed by atoms with van der Waals surface area (Å²) in [6, 6.07) is 15.4. The van der Waals surface area contributed by atoms with Crippen molar-refractivity contribution in [1.29, 1.82) is 0 Å². The molecule has 8 nitrogen and oxygen atoms in total. The summed E-state index contributed by atoms with van der Waals surface area (Å²) in [4.78, 5) is 41.2. The number of ether oxygens (including phenoxy) is 1. The number of thioether (sulfide) groups is 1. The Balaban J connectivity index is 1.77. The number of hydrogen-bond donors (Lipinski definition) is 3. The number of nitrogens with zero attached hydrogens (tertiary/aromatic N) is 1. The van der Waals surface area contributed by atoms with E-state index in [4.69, 9.17) is 4.74 Å². The summed E-state index contributed by atoms with van der Waals surface area (Å²) >= 11 is 1.48. The van der Waals surface area contributed by atoms with Gasteiger partial charge in [0.25, 0.3) is 5.91 Å². The Morgan fingerprint density at radius 2 is 1.79 bits per heavy atom. The van der Waals surface area contributed by atoms with Crippen LogP contribution in [0.2, 0.25) is 0 Å². The summed E-state index contributed by atoms with van der Waals surface area (Å²) < 4.78 is 4.87. The zero-order valence-corrected chi connectivity index (χ0v) is 24.3. The number of hydrogen-bond acceptors (Lipinski definition) is 6. The average molecular weight is 556 g/mol. The van der Waals surface area contributed by atoms with Crippen LogP contribution in [0.1, 0.15) is 57.2 Å². The molecule has 1 aliphatic rings. The number of aliphatic hydroxyl groups is 1. The predicted molar refractivity (Wildman–Crippen MR) is 154 cm³/mol. The molecule has 212 valence electrons. The third-order valence-electron chi connectivity index (χ3n) is 7.03. The van der Waals surface area contributed by atoms with Crippen molar-refractivity contribution in [2.24, 2.45) is 0 Å². The summed E-state index contributed by atoms with van der Waals surface area (Å²) in [7, 11) is 0. The second kappa shape index (κ2) is 13.8. The molecule has 0 aliphatic carbocycles. The fraction of sp³-hybridized carbons (Fsp3) is 0.500. The van der Waals surface area contributed by atoms with Crippen molar-refractivity contribution in [2.75, 3.05) is 5.88 Å². The molecule has 1 aliphatic heterocycles. The maximum atomic E-state index is 13.7. The predicted octanol–water partition coefficient (Wildman–Crippen LogP) is 4.18. The second-order valence-corrected chi connectivity index (χ2v) is 12.2. The van der Waals surface area contributed by atoms with Crippen molar-refractivity contribution in [3.63, 3.8) is 0 Å². The number of benzene rings is 2. The fourth-order valence-corrected chi connectivity index (χ4v) is 5.93. The highest BCUT2D eigenvalue weighted by Crippen LogP contribution is 2.40. The van der Waals surface area contributed by atoms with Crippen molar-refractivity contribution in [3.05, 3.63) is 71.3 Å². The highest BCUT2D eigenvalue weighted by atomic mass is 32.2. The van der Waals surface area contributed by atoms with Crippen LogP contribution >= 0.6 is 11.8 Å². The minimum Gasteiger partial charge on any atom is -0.447 e. The van der Waals surface area contributed by atoms with Crippen LogP contribution in [0.15, 0.2) is 54.6 Å². The third kappa shape index (κ3) is 8.22. The molecule has 0 aromatic heterocycles. The van der Waals surface area contributed by atoms with E-state index in [0.29, 0.717) is 13.0 Å². The highest BCUT2D eigenvalue weighted by Gasteiger charge is 2.49. The van der Waals surface area contributed by atoms with Gasteiger partial charge >= 0.3 is 6.09 Å². The van der Waals surface area contributed by atoms with E-state index >= 15 is 0 Å². The van der Waals surface area contributed by atoms with Gasteiger partial charge in [0.2, 0.25) is 5.91 Å². The van der Waals surface area contributed by atoms with Crippen LogP contribution in [0.5, 0.6) is 0 Å². The van der Waals surface area contributed by atoms with Gasteiger partial charge in [-0.2, -0.15) is 0 Å². The van der Waals surface area contributed by atoms with Gasteiger partial charge in [0.15, 0.2) is 6.10 Å². The maximum absolute atomic E-state index is 13.7. The molecule has 3 amide bonds. The van der Waals surface area contributed by atoms with E-state index in [2.05, 4.69) is 10.6 Å². The Labute approximate surface area is 235 Å². The van der Waals surface area contributed by atoms with E-state index in [1.54, 1.807) is 6.92 Å². The normalized spacial score (nSPS) is 18.6. The van der Waals surface area contributed by atoms with Crippen molar-refractivity contribution in [3.8, 4) is 0 Å². The van der Waals surface area contributed by atoms with Gasteiger partial charge in [-0.1, -0.05) is 67.9 Å². The molecule has 0 radical (unpaired) electrons. The molecule has 0 spiro atoms. The molecule has 4 unspecified atom stereocenters. The minimum absolute atomic E-state index is 0.222. The first kappa shape index (κ1) is 30.5. The third-order valence-corrected chi connectivity index (χ3v) is 8.41. The lowest BCUT2D eigenvalue weighted by Gasteiger charge is -2.33. The van der Waals surface area contributed by atoms with Gasteiger partial charge in [0.1, 0.15) is 12.1 Å². The van der Waals surface area contributed by atoms with Crippen molar-refractivity contribution < 1.29 is 24.2 Å². The van der Waals surface area contributed by atoms with Crippen molar-refractivity contribution >= 4 is 29.7 Å². The number of alkyl carbamates (subject to hydrolysis) is 1. The van der Waals surface area contributed by atoms with Crippen molar-refractivity contribution in [1.82, 2.24) is 15.5 Å². The number of rotatable bonds is 11. The van der Waals surface area contributed by atoms with Crippen LogP contribution in [0.3, 0.4) is 0 Å². The molecule has 1 heterocycles. The molecule has 3 rings (SSSR count). The standard InChI is InChI=1S/C30H41N3O5S/c1-6-12-21(3)38-29(37)32-24(17-22-14-8-7-9-15-22)25(34)28(36)33-19-39-30(4,5)26(33)27(35)31-18-23-16-11-10-13-20(23)2/h7-11,13-16,21,24-26,34H,6,12,17-19H2,1-5H3,(H,31,35)(H,32,37). The van der Waals surface area contributed by atoms with Crippen molar-refractivity contribution in [2.45, 2.75) is 89.5 Å². The van der Waals surface area contributed by atoms with Gasteiger partial charge in [0.05, 0.1) is 11.9 Å². The first-order valence-electron chi connectivity index (χ1n) is 13.5. The molecule has 39 heavy (non-hydrogen) atoms. The fourth-order valence-electron chi connectivity index (χ4n) is 4.79. The Kier molecular flexibility index (Phi) is 10.8. The number of carbonyl (C=O) groups excluding carboxylic acids is 3. The first-order valence-corrected chi connectivity index (χ1v) is 14.5. The molecule has 4 atom stereocenters. The topological polar surface area (TPSA) is 108 Å². The summed E-state index contributed by atoms with van der Waals surface area (Å²) in [6.07, 6.45) is -0.763. The SMILES string of the molecule is CCCC(C)OC(=O)NC(Cc1ccccc1)C(O)C(=O)N1CSC(C)(C)C1C(=O)NCc1ccccc1C. The molecule has 9 heteroatoms. The number of amides is 3. The largest absolute Gasteiger partial charge is 0.447 e. The Hall–Kier alpha value is -3.04. The molecule has 1 saturated heterocycles. The van der Waals surface area contributed by atoms with E-state index in [0.717, 1.165) is 23.1 Å². The number of aryl methyl sites for hydroxylation is 1. The maximum Gasteiger partial charge on any atom is 0.407 e. The molecule has 0 bridgehead atoms. The lowest BCUT2D eigenvalue weighted by atomic mass is 9.97. The van der Waals surface area contributed by atoms with E-state index in [1.165, 1.54) is 16.7 Å². The second-order valence-electron chi connectivity index (χ2n) is 10.6. The van der Waals surface area contributed by atoms with Gasteiger partial charge < -0.3 is 25.4 Å². The lowest BCUT2D eigenvalue weighted by molar-refractivity contribution is -0.147. The van der Waals surface area contributed by atoms with Gasteiger partial charge in [-0.05, 0) is 57.2 Å². The van der Waals surface area contributed by atoms with E-state index in [-0.39, 0.29) is 24.3 Å². The number of carbonyl (C=O) groups is 3. The minimum atomic E-state index is -1.57. The quantitative estimate of drug-likeness (QED) is 0.384. The summed E-state index contributed by atoms with van der Waals surface area (Å²) in [5.41, 5.74) is 2.91. The van der Waals surface area contributed by atoms with Crippen LogP contribution in [-0.2, 0) is 27.3 Å². The van der Waals surface area contributed by atoms with Gasteiger partial charge in [-0.25, -0.2) is 4.79 Å². The summed E-state index contributed by atoms with van der Waals surface area (Å²) in [5, 5.41) is 17.0. The highest BCUT2D eigenvalue weighted by molar-refractivity contribution is 8.00. The smallest absolute Gasteiger partial charge is 0.407 e. The zero-order valence-electron chi connectivity index (χ0n) is 23.5. The number of nitrogens with one attached hydrogen (secondary N) is 2. The molecule has 1 fully saturated rings. The van der Waals surface area contributed by atoms with E-state index in [1.807, 2.05) is 82.3 Å². The monoisotopic (exact) mass is 555 g/mol. The molecule has 2 aromatic rings. The summed E-state index contributed by atoms with van der Waals surface area (Å²) in [5.74, 6) is -0.636. The van der Waals surface area contributed by atoms with Crippen LogP contribution in [0.25, 0.3) is 0 Å². The molecule has 2 aromatic carbocycles. The molecular formula is C30H41N3O5S. The van der Waals surface area contributed by atoms with Gasteiger partial charge in [-0.3, -0.25) is 9.59 Å². The lowest BCUT2D eigenvalue weighted by Crippen LogP contribution is -2.58. The first-order chi connectivity index (χ1) is 18.5. The Morgan fingerprint density at radius 1 is 1.13 bits per heavy atom. The Morgan fingerprint density at radius 3 is 2.46 bits per heavy atom. The average Bonchev–Trinajstić information content (AvgIpc) is 3.22. The molecule has 0 saturated carbocycles. The van der Waals surface area contributed by atoms with Crippen LogP contribution < -0.4 is 10.6 Å².